The van der Waals surface area contributed by atoms with Gasteiger partial charge < -0.3 is 14.8 Å². The largest absolute Gasteiger partial charge is 0.338 e. The zero-order valence-electron chi connectivity index (χ0n) is 20.0. The molecule has 35 heavy (non-hydrogen) atoms. The molecule has 1 saturated heterocycles. The maximum absolute atomic E-state index is 13.7. The summed E-state index contributed by atoms with van der Waals surface area (Å²) < 4.78 is 3.69. The van der Waals surface area contributed by atoms with Crippen molar-refractivity contribution in [3.05, 3.63) is 95.9 Å². The van der Waals surface area contributed by atoms with Gasteiger partial charge in [-0.3, -0.25) is 9.59 Å². The normalized spacial score (nSPS) is 15.7. The number of nitrogens with one attached hydrogen (secondary N) is 1. The van der Waals surface area contributed by atoms with Crippen LogP contribution in [0.2, 0.25) is 0 Å². The maximum atomic E-state index is 13.7. The number of carbonyl (C=O) groups is 2. The van der Waals surface area contributed by atoms with Crippen LogP contribution in [0.3, 0.4) is 0 Å². The van der Waals surface area contributed by atoms with Crippen molar-refractivity contribution in [3.8, 4) is 11.5 Å². The molecule has 1 fully saturated rings. The second-order valence-electron chi connectivity index (χ2n) is 9.07. The summed E-state index contributed by atoms with van der Waals surface area (Å²) in [5, 5.41) is 7.67. The van der Waals surface area contributed by atoms with Crippen LogP contribution in [0, 0.1) is 19.8 Å². The van der Waals surface area contributed by atoms with Gasteiger partial charge in [0.1, 0.15) is 5.56 Å². The van der Waals surface area contributed by atoms with Gasteiger partial charge in [0.05, 0.1) is 17.8 Å². The van der Waals surface area contributed by atoms with Gasteiger partial charge in [0.25, 0.3) is 5.91 Å². The number of benzene rings is 2. The van der Waals surface area contributed by atoms with E-state index >= 15 is 0 Å². The van der Waals surface area contributed by atoms with Crippen LogP contribution in [0.1, 0.15) is 34.3 Å². The fourth-order valence-corrected chi connectivity index (χ4v) is 4.76. The van der Waals surface area contributed by atoms with Crippen molar-refractivity contribution >= 4 is 17.5 Å². The minimum atomic E-state index is -0.258. The summed E-state index contributed by atoms with van der Waals surface area (Å²) in [7, 11) is 0. The van der Waals surface area contributed by atoms with Crippen LogP contribution in [0.5, 0.6) is 0 Å². The first-order valence-corrected chi connectivity index (χ1v) is 12.0. The molecule has 2 amide bonds. The molecule has 0 bridgehead atoms. The lowest BCUT2D eigenvalue weighted by Gasteiger charge is -2.32. The van der Waals surface area contributed by atoms with E-state index in [1.807, 2.05) is 91.5 Å². The highest BCUT2D eigenvalue weighted by molar-refractivity contribution is 5.99. The fourth-order valence-electron chi connectivity index (χ4n) is 4.76. The van der Waals surface area contributed by atoms with Gasteiger partial charge >= 0.3 is 0 Å². The van der Waals surface area contributed by atoms with E-state index < -0.39 is 0 Å². The number of aryl methyl sites for hydroxylation is 2. The molecule has 5 rings (SSSR count). The number of aromatic nitrogens is 3. The molecule has 1 unspecified atom stereocenters. The van der Waals surface area contributed by atoms with Gasteiger partial charge in [-0.25, -0.2) is 4.68 Å². The molecule has 0 saturated carbocycles. The maximum Gasteiger partial charge on any atom is 0.259 e. The Bertz CT molecular complexity index is 1320. The summed E-state index contributed by atoms with van der Waals surface area (Å²) in [5.41, 5.74) is 4.32. The predicted octanol–water partition coefficient (Wildman–Crippen LogP) is 4.77. The van der Waals surface area contributed by atoms with E-state index in [1.165, 1.54) is 0 Å². The topological polar surface area (TPSA) is 72.2 Å². The van der Waals surface area contributed by atoms with Crippen molar-refractivity contribution in [2.24, 2.45) is 5.92 Å². The molecule has 7 nitrogen and oxygen atoms in total. The van der Waals surface area contributed by atoms with E-state index in [2.05, 4.69) is 10.4 Å². The molecule has 0 radical (unpaired) electrons. The fraction of sp³-hybridized carbons (Fsp3) is 0.250. The molecule has 7 heteroatoms. The standard InChI is InChI=1S/C28H29N5O2/c1-20-10-8-11-21(2)25(20)30-26(34)22-12-9-17-32(19-22)28(35)24-18-29-33(23-13-4-3-5-14-23)27(24)31-15-6-7-16-31/h3-8,10-11,13-16,18,22H,9,12,17,19H2,1-2H3,(H,30,34). The predicted molar refractivity (Wildman–Crippen MR) is 136 cm³/mol. The summed E-state index contributed by atoms with van der Waals surface area (Å²) in [6.07, 6.45) is 6.98. The van der Waals surface area contributed by atoms with Gasteiger partial charge in [-0.15, -0.1) is 0 Å². The Hall–Kier alpha value is -4.13. The number of para-hydroxylation sites is 2. The van der Waals surface area contributed by atoms with Crippen molar-refractivity contribution in [3.63, 3.8) is 0 Å². The highest BCUT2D eigenvalue weighted by Crippen LogP contribution is 2.26. The Morgan fingerprint density at radius 1 is 0.943 bits per heavy atom. The smallest absolute Gasteiger partial charge is 0.259 e. The van der Waals surface area contributed by atoms with E-state index in [0.717, 1.165) is 35.3 Å². The number of hydrogen-bond acceptors (Lipinski definition) is 3. The lowest BCUT2D eigenvalue weighted by molar-refractivity contribution is -0.121. The second-order valence-corrected chi connectivity index (χ2v) is 9.07. The summed E-state index contributed by atoms with van der Waals surface area (Å²) >= 11 is 0. The summed E-state index contributed by atoms with van der Waals surface area (Å²) in [4.78, 5) is 28.7. The number of piperidine rings is 1. The Balaban J connectivity index is 1.40. The minimum Gasteiger partial charge on any atom is -0.338 e. The Kier molecular flexibility index (Phi) is 6.23. The molecule has 2 aromatic carbocycles. The first kappa shape index (κ1) is 22.7. The van der Waals surface area contributed by atoms with Crippen LogP contribution < -0.4 is 5.32 Å². The van der Waals surface area contributed by atoms with Crippen molar-refractivity contribution in [1.29, 1.82) is 0 Å². The second kappa shape index (κ2) is 9.62. The number of rotatable bonds is 5. The average molecular weight is 468 g/mol. The molecule has 1 aliphatic rings. The third-order valence-corrected chi connectivity index (χ3v) is 6.63. The van der Waals surface area contributed by atoms with Crippen LogP contribution in [0.25, 0.3) is 11.5 Å². The third-order valence-electron chi connectivity index (χ3n) is 6.63. The van der Waals surface area contributed by atoms with Gasteiger partial charge in [0, 0.05) is 31.2 Å². The minimum absolute atomic E-state index is 0.0366. The number of carbonyl (C=O) groups excluding carboxylic acids is 2. The summed E-state index contributed by atoms with van der Waals surface area (Å²) in [6.45, 7) is 4.99. The van der Waals surface area contributed by atoms with Crippen molar-refractivity contribution in [1.82, 2.24) is 19.2 Å². The van der Waals surface area contributed by atoms with Crippen molar-refractivity contribution in [2.45, 2.75) is 26.7 Å². The number of amides is 2. The summed E-state index contributed by atoms with van der Waals surface area (Å²) in [5.74, 6) is 0.283. The molecule has 1 atom stereocenters. The van der Waals surface area contributed by atoms with Gasteiger partial charge in [0.2, 0.25) is 5.91 Å². The third kappa shape index (κ3) is 4.49. The van der Waals surface area contributed by atoms with Gasteiger partial charge in [-0.05, 0) is 62.1 Å². The van der Waals surface area contributed by atoms with E-state index in [-0.39, 0.29) is 17.7 Å². The Morgan fingerprint density at radius 3 is 2.37 bits per heavy atom. The van der Waals surface area contributed by atoms with Crippen LogP contribution in [0.15, 0.2) is 79.3 Å². The lowest BCUT2D eigenvalue weighted by atomic mass is 9.96. The average Bonchev–Trinajstić information content (AvgIpc) is 3.56. The van der Waals surface area contributed by atoms with Crippen LogP contribution >= 0.6 is 0 Å². The van der Waals surface area contributed by atoms with Gasteiger partial charge in [0.15, 0.2) is 5.82 Å². The summed E-state index contributed by atoms with van der Waals surface area (Å²) in [6, 6.07) is 19.6. The van der Waals surface area contributed by atoms with E-state index in [4.69, 9.17) is 0 Å². The number of anilines is 1. The molecule has 1 aliphatic heterocycles. The van der Waals surface area contributed by atoms with Crippen LogP contribution in [-0.2, 0) is 4.79 Å². The highest BCUT2D eigenvalue weighted by atomic mass is 16.2. The Morgan fingerprint density at radius 2 is 1.66 bits per heavy atom. The zero-order valence-corrected chi connectivity index (χ0v) is 20.0. The number of nitrogens with zero attached hydrogens (tertiary/aromatic N) is 4. The SMILES string of the molecule is Cc1cccc(C)c1NC(=O)C1CCCN(C(=O)c2cnn(-c3ccccc3)c2-n2cccc2)C1. The molecule has 0 aliphatic carbocycles. The van der Waals surface area contributed by atoms with Gasteiger partial charge in [-0.2, -0.15) is 5.10 Å². The monoisotopic (exact) mass is 467 g/mol. The molecule has 0 spiro atoms. The van der Waals surface area contributed by atoms with E-state index in [0.29, 0.717) is 24.5 Å². The highest BCUT2D eigenvalue weighted by Gasteiger charge is 2.31. The molecular formula is C28H29N5O2. The first-order chi connectivity index (χ1) is 17.0. The zero-order chi connectivity index (χ0) is 24.4. The van der Waals surface area contributed by atoms with E-state index in [1.54, 1.807) is 15.8 Å². The lowest BCUT2D eigenvalue weighted by Crippen LogP contribution is -2.44. The van der Waals surface area contributed by atoms with Crippen molar-refractivity contribution in [2.75, 3.05) is 18.4 Å². The van der Waals surface area contributed by atoms with Crippen LogP contribution in [-0.4, -0.2) is 44.2 Å². The van der Waals surface area contributed by atoms with Crippen LogP contribution in [0.4, 0.5) is 5.69 Å². The number of likely N-dealkylation sites (tertiary alicyclic amines) is 1. The molecule has 178 valence electrons. The van der Waals surface area contributed by atoms with Gasteiger partial charge in [-0.1, -0.05) is 36.4 Å². The quantitative estimate of drug-likeness (QED) is 0.460. The number of hydrogen-bond donors (Lipinski definition) is 1. The Labute approximate surface area is 205 Å². The molecule has 3 heterocycles. The molecule has 4 aromatic rings. The van der Waals surface area contributed by atoms with Crippen molar-refractivity contribution < 1.29 is 9.59 Å². The first-order valence-electron chi connectivity index (χ1n) is 12.0. The molecular weight excluding hydrogens is 438 g/mol. The van der Waals surface area contributed by atoms with E-state index in [9.17, 15) is 9.59 Å². The molecule has 2 aromatic heterocycles. The molecule has 1 N–H and O–H groups in total.